The average Bonchev–Trinajstić information content (AvgIpc) is 3.61. The summed E-state index contributed by atoms with van der Waals surface area (Å²) >= 11 is 0. The van der Waals surface area contributed by atoms with E-state index < -0.39 is 59.8 Å². The summed E-state index contributed by atoms with van der Waals surface area (Å²) < 4.78 is 31.8. The van der Waals surface area contributed by atoms with Crippen molar-refractivity contribution in [2.24, 2.45) is 23.7 Å². The number of aromatic nitrogens is 2. The molecule has 0 radical (unpaired) electrons. The van der Waals surface area contributed by atoms with Crippen molar-refractivity contribution in [3.8, 4) is 23.3 Å². The maximum Gasteiger partial charge on any atom is 0.336 e. The van der Waals surface area contributed by atoms with Gasteiger partial charge < -0.3 is 33.5 Å². The van der Waals surface area contributed by atoms with Gasteiger partial charge in [0.05, 0.1) is 30.0 Å². The summed E-state index contributed by atoms with van der Waals surface area (Å²) in [5, 5.41) is 9.59. The zero-order valence-corrected chi connectivity index (χ0v) is 23.7. The molecule has 6 atom stereocenters. The van der Waals surface area contributed by atoms with Crippen LogP contribution in [-0.2, 0) is 38.2 Å². The van der Waals surface area contributed by atoms with Crippen LogP contribution >= 0.6 is 0 Å². The SMILES string of the molecule is C=C(C)C(=O)OC1C2CC3C1OC(=O)C3C2C(=O)Oc1ccc(O/C=C(\C)C(=O)OCCC(=O)Oc2ncccc2O)cn1. The third-order valence-electron chi connectivity index (χ3n) is 7.52. The van der Waals surface area contributed by atoms with Crippen molar-refractivity contribution in [2.45, 2.75) is 38.9 Å². The van der Waals surface area contributed by atoms with Crippen molar-refractivity contribution >= 4 is 29.8 Å². The van der Waals surface area contributed by atoms with Gasteiger partial charge in [0, 0.05) is 29.7 Å². The van der Waals surface area contributed by atoms with Gasteiger partial charge in [0.15, 0.2) is 5.75 Å². The molecular weight excluding hydrogens is 580 g/mol. The Morgan fingerprint density at radius 3 is 2.59 bits per heavy atom. The first-order chi connectivity index (χ1) is 21.0. The Morgan fingerprint density at radius 1 is 1.09 bits per heavy atom. The molecule has 2 aromatic heterocycles. The first kappa shape index (κ1) is 30.2. The Labute approximate surface area is 250 Å². The molecule has 0 aromatic carbocycles. The second kappa shape index (κ2) is 12.5. The van der Waals surface area contributed by atoms with Gasteiger partial charge in [0.2, 0.25) is 5.88 Å². The van der Waals surface area contributed by atoms with Crippen molar-refractivity contribution in [1.29, 1.82) is 0 Å². The molecular formula is C30H28N2O12. The van der Waals surface area contributed by atoms with E-state index in [1.54, 1.807) is 0 Å². The molecule has 1 N–H and O–H groups in total. The topological polar surface area (TPSA) is 187 Å². The molecule has 1 aliphatic heterocycles. The number of carbonyl (C=O) groups excluding carboxylic acids is 5. The van der Waals surface area contributed by atoms with Crippen LogP contribution in [0.5, 0.6) is 23.3 Å². The molecule has 3 heterocycles. The van der Waals surface area contributed by atoms with Gasteiger partial charge >= 0.3 is 29.8 Å². The number of pyridine rings is 2. The highest BCUT2D eigenvalue weighted by molar-refractivity contribution is 5.89. The van der Waals surface area contributed by atoms with Crippen LogP contribution in [-0.4, -0.2) is 63.7 Å². The van der Waals surface area contributed by atoms with E-state index in [4.69, 9.17) is 28.4 Å². The maximum absolute atomic E-state index is 13.1. The molecule has 3 fully saturated rings. The predicted molar refractivity (Wildman–Crippen MR) is 145 cm³/mol. The summed E-state index contributed by atoms with van der Waals surface area (Å²) in [5.74, 6) is -5.91. The van der Waals surface area contributed by atoms with Crippen molar-refractivity contribution in [1.82, 2.24) is 9.97 Å². The summed E-state index contributed by atoms with van der Waals surface area (Å²) in [5.41, 5.74) is 0.277. The van der Waals surface area contributed by atoms with Crippen LogP contribution in [0.4, 0.5) is 0 Å². The van der Waals surface area contributed by atoms with E-state index >= 15 is 0 Å². The lowest BCUT2D eigenvalue weighted by molar-refractivity contribution is -0.160. The summed E-state index contributed by atoms with van der Waals surface area (Å²) in [6.07, 6.45) is 2.60. The zero-order chi connectivity index (χ0) is 31.5. The number of fused-ring (bicyclic) bond motifs is 1. The number of rotatable bonds is 11. The first-order valence-corrected chi connectivity index (χ1v) is 13.6. The Morgan fingerprint density at radius 2 is 1.89 bits per heavy atom. The van der Waals surface area contributed by atoms with E-state index in [0.717, 1.165) is 6.26 Å². The maximum atomic E-state index is 13.1. The van der Waals surface area contributed by atoms with Crippen molar-refractivity contribution in [3.63, 3.8) is 0 Å². The minimum atomic E-state index is -0.854. The second-order valence-electron chi connectivity index (χ2n) is 10.5. The third kappa shape index (κ3) is 6.23. The quantitative estimate of drug-likeness (QED) is 0.169. The molecule has 14 nitrogen and oxygen atoms in total. The molecule has 2 saturated carbocycles. The van der Waals surface area contributed by atoms with Gasteiger partial charge in [-0.2, -0.15) is 0 Å². The molecule has 0 amide bonds. The molecule has 6 unspecified atom stereocenters. The van der Waals surface area contributed by atoms with Gasteiger partial charge in [-0.05, 0) is 38.5 Å². The zero-order valence-electron chi connectivity index (χ0n) is 23.7. The second-order valence-corrected chi connectivity index (χ2v) is 10.5. The summed E-state index contributed by atoms with van der Waals surface area (Å²) in [6.45, 7) is 6.23. The molecule has 3 aliphatic rings. The lowest BCUT2D eigenvalue weighted by atomic mass is 9.78. The van der Waals surface area contributed by atoms with E-state index in [-0.39, 0.29) is 53.4 Å². The number of nitrogens with zero attached hydrogens (tertiary/aromatic N) is 2. The standard InChI is InChI=1S/C30H28N2O12/c1-14(2)27(35)43-24-17-11-18-23(30(38)44-25(18)24)22(17)29(37)41-20-7-6-16(12-32-20)40-13-15(3)28(36)39-10-8-21(34)42-26-19(33)5-4-9-31-26/h4-7,9,12-13,17-18,22-25,33H,1,8,10-11H2,2-3H3/b15-13+. The number of ether oxygens (including phenoxy) is 6. The fraction of sp³-hybridized carbons (Fsp3) is 0.367. The summed E-state index contributed by atoms with van der Waals surface area (Å²) in [7, 11) is 0. The highest BCUT2D eigenvalue weighted by Gasteiger charge is 2.70. The van der Waals surface area contributed by atoms with Crippen LogP contribution < -0.4 is 14.2 Å². The number of hydrogen-bond acceptors (Lipinski definition) is 14. The van der Waals surface area contributed by atoms with Crippen LogP contribution in [0.3, 0.4) is 0 Å². The minimum absolute atomic E-state index is 0.0467. The fourth-order valence-corrected chi connectivity index (χ4v) is 5.53. The van der Waals surface area contributed by atoms with E-state index in [1.807, 2.05) is 0 Å². The summed E-state index contributed by atoms with van der Waals surface area (Å²) in [6, 6.07) is 5.60. The molecule has 14 heteroatoms. The molecule has 44 heavy (non-hydrogen) atoms. The molecule has 2 aliphatic carbocycles. The van der Waals surface area contributed by atoms with Crippen LogP contribution in [0.1, 0.15) is 26.7 Å². The largest absolute Gasteiger partial charge is 0.503 e. The first-order valence-electron chi connectivity index (χ1n) is 13.6. The third-order valence-corrected chi connectivity index (χ3v) is 7.52. The van der Waals surface area contributed by atoms with E-state index in [1.165, 1.54) is 50.5 Å². The van der Waals surface area contributed by atoms with Gasteiger partial charge in [-0.15, -0.1) is 0 Å². The normalized spacial score (nSPS) is 24.7. The highest BCUT2D eigenvalue weighted by Crippen LogP contribution is 2.59. The van der Waals surface area contributed by atoms with Gasteiger partial charge in [-0.1, -0.05) is 6.58 Å². The lowest BCUT2D eigenvalue weighted by Gasteiger charge is -2.30. The Hall–Kier alpha value is -5.27. The molecule has 1 saturated heterocycles. The fourth-order valence-electron chi connectivity index (χ4n) is 5.53. The molecule has 2 bridgehead atoms. The van der Waals surface area contributed by atoms with Gasteiger partial charge in [-0.3, -0.25) is 14.4 Å². The van der Waals surface area contributed by atoms with Crippen LogP contribution in [0.25, 0.3) is 0 Å². The predicted octanol–water partition coefficient (Wildman–Crippen LogP) is 2.20. The lowest BCUT2D eigenvalue weighted by Crippen LogP contribution is -2.44. The number of hydrogen-bond donors (Lipinski definition) is 1. The average molecular weight is 609 g/mol. The van der Waals surface area contributed by atoms with Crippen LogP contribution in [0.2, 0.25) is 0 Å². The highest BCUT2D eigenvalue weighted by atomic mass is 16.6. The smallest absolute Gasteiger partial charge is 0.336 e. The number of carbonyl (C=O) groups is 5. The van der Waals surface area contributed by atoms with Gasteiger partial charge in [0.1, 0.15) is 30.8 Å². The molecule has 2 aromatic rings. The van der Waals surface area contributed by atoms with E-state index in [9.17, 15) is 29.1 Å². The summed E-state index contributed by atoms with van der Waals surface area (Å²) in [4.78, 5) is 69.7. The van der Waals surface area contributed by atoms with Crippen molar-refractivity contribution in [3.05, 3.63) is 60.6 Å². The van der Waals surface area contributed by atoms with Gasteiger partial charge in [0.25, 0.3) is 5.88 Å². The van der Waals surface area contributed by atoms with Crippen LogP contribution in [0.15, 0.2) is 60.6 Å². The van der Waals surface area contributed by atoms with E-state index in [0.29, 0.717) is 6.42 Å². The molecule has 0 spiro atoms. The molecule has 230 valence electrons. The Balaban J connectivity index is 1.10. The molecule has 5 rings (SSSR count). The van der Waals surface area contributed by atoms with Crippen molar-refractivity contribution in [2.75, 3.05) is 6.61 Å². The van der Waals surface area contributed by atoms with Crippen molar-refractivity contribution < 1.29 is 57.5 Å². The number of esters is 5. The Kier molecular flexibility index (Phi) is 8.60. The minimum Gasteiger partial charge on any atom is -0.503 e. The van der Waals surface area contributed by atoms with Gasteiger partial charge in [-0.25, -0.2) is 19.6 Å². The van der Waals surface area contributed by atoms with E-state index in [2.05, 4.69) is 16.5 Å². The number of aromatic hydroxyl groups is 1. The van der Waals surface area contributed by atoms with Crippen LogP contribution in [0, 0.1) is 23.7 Å². The Bertz CT molecular complexity index is 1530. The monoisotopic (exact) mass is 608 g/mol.